The molecule has 1 atom stereocenters. The van der Waals surface area contributed by atoms with Gasteiger partial charge in [0.15, 0.2) is 0 Å². The lowest BCUT2D eigenvalue weighted by Gasteiger charge is -2.12. The number of thiazole rings is 1. The maximum atomic E-state index is 12.3. The Morgan fingerprint density at radius 2 is 2.00 bits per heavy atom. The van der Waals surface area contributed by atoms with Gasteiger partial charge in [-0.2, -0.15) is 0 Å². The van der Waals surface area contributed by atoms with Crippen LogP contribution in [0.25, 0.3) is 0 Å². The number of unbranched alkanes of at least 4 members (excludes halogenated alkanes) is 3. The zero-order chi connectivity index (χ0) is 17.4. The first-order valence-electron chi connectivity index (χ1n) is 8.56. The molecule has 5 heteroatoms. The van der Waals surface area contributed by atoms with E-state index in [2.05, 4.69) is 17.2 Å². The molecule has 0 spiro atoms. The first-order valence-corrected chi connectivity index (χ1v) is 9.44. The molecule has 1 heterocycles. The average molecular weight is 346 g/mol. The fraction of sp³-hybridized carbons (Fsp3) is 0.474. The molecule has 0 radical (unpaired) electrons. The smallest absolute Gasteiger partial charge is 0.251 e. The van der Waals surface area contributed by atoms with Crippen LogP contribution in [0.3, 0.4) is 0 Å². The molecule has 0 aliphatic rings. The van der Waals surface area contributed by atoms with Gasteiger partial charge in [-0.15, -0.1) is 11.3 Å². The van der Waals surface area contributed by atoms with E-state index in [4.69, 9.17) is 4.74 Å². The quantitative estimate of drug-likeness (QED) is 0.657. The number of aromatic nitrogens is 1. The fourth-order valence-electron chi connectivity index (χ4n) is 2.35. The van der Waals surface area contributed by atoms with Crippen LogP contribution < -0.4 is 10.1 Å². The van der Waals surface area contributed by atoms with Gasteiger partial charge < -0.3 is 10.1 Å². The summed E-state index contributed by atoms with van der Waals surface area (Å²) in [5, 5.41) is 5.96. The van der Waals surface area contributed by atoms with E-state index < -0.39 is 0 Å². The highest BCUT2D eigenvalue weighted by Crippen LogP contribution is 2.17. The van der Waals surface area contributed by atoms with Crippen LogP contribution in [0.1, 0.15) is 66.6 Å². The molecule has 2 aromatic rings. The van der Waals surface area contributed by atoms with Gasteiger partial charge >= 0.3 is 0 Å². The topological polar surface area (TPSA) is 51.2 Å². The van der Waals surface area contributed by atoms with Crippen molar-refractivity contribution in [3.05, 3.63) is 45.9 Å². The highest BCUT2D eigenvalue weighted by Gasteiger charge is 2.13. The molecule has 1 unspecified atom stereocenters. The van der Waals surface area contributed by atoms with Crippen molar-refractivity contribution in [2.24, 2.45) is 0 Å². The van der Waals surface area contributed by atoms with Gasteiger partial charge in [-0.25, -0.2) is 4.98 Å². The average Bonchev–Trinajstić information content (AvgIpc) is 3.02. The zero-order valence-corrected chi connectivity index (χ0v) is 15.5. The van der Waals surface area contributed by atoms with Crippen molar-refractivity contribution in [2.45, 2.75) is 52.5 Å². The molecule has 1 N–H and O–H groups in total. The normalized spacial score (nSPS) is 12.0. The predicted octanol–water partition coefficient (Wildman–Crippen LogP) is 4.90. The number of nitrogens with zero attached hydrogens (tertiary/aromatic N) is 1. The van der Waals surface area contributed by atoms with Gasteiger partial charge in [0.1, 0.15) is 5.75 Å². The number of hydrogen-bond acceptors (Lipinski definition) is 4. The standard InChI is InChI=1S/C19H26N2O2S/c1-4-5-6-7-12-23-17-10-8-16(9-11-17)19(22)20-14(2)18-13-24-15(3)21-18/h8-11,13-14H,4-7,12H2,1-3H3,(H,20,22). The van der Waals surface area contributed by atoms with E-state index in [9.17, 15) is 4.79 Å². The van der Waals surface area contributed by atoms with E-state index in [0.29, 0.717) is 5.56 Å². The maximum Gasteiger partial charge on any atom is 0.251 e. The minimum absolute atomic E-state index is 0.0948. The van der Waals surface area contributed by atoms with E-state index in [1.807, 2.05) is 31.4 Å². The molecule has 0 saturated carbocycles. The van der Waals surface area contributed by atoms with Crippen LogP contribution in [0.2, 0.25) is 0 Å². The van der Waals surface area contributed by atoms with E-state index in [-0.39, 0.29) is 11.9 Å². The zero-order valence-electron chi connectivity index (χ0n) is 14.7. The summed E-state index contributed by atoms with van der Waals surface area (Å²) in [6.45, 7) is 6.83. The summed E-state index contributed by atoms with van der Waals surface area (Å²) in [6.07, 6.45) is 4.74. The van der Waals surface area contributed by atoms with E-state index in [0.717, 1.165) is 29.5 Å². The number of rotatable bonds is 9. The Bertz CT molecular complexity index is 637. The Balaban J connectivity index is 1.82. The van der Waals surface area contributed by atoms with Crippen molar-refractivity contribution < 1.29 is 9.53 Å². The van der Waals surface area contributed by atoms with Gasteiger partial charge in [-0.1, -0.05) is 26.2 Å². The molecule has 24 heavy (non-hydrogen) atoms. The number of nitrogens with one attached hydrogen (secondary N) is 1. The number of carbonyl (C=O) groups is 1. The molecule has 0 aliphatic carbocycles. The number of aryl methyl sites for hydroxylation is 1. The third-order valence-electron chi connectivity index (χ3n) is 3.81. The van der Waals surface area contributed by atoms with Crippen molar-refractivity contribution in [3.63, 3.8) is 0 Å². The van der Waals surface area contributed by atoms with Crippen LogP contribution >= 0.6 is 11.3 Å². The van der Waals surface area contributed by atoms with E-state index >= 15 is 0 Å². The summed E-state index contributed by atoms with van der Waals surface area (Å²) in [5.74, 6) is 0.717. The summed E-state index contributed by atoms with van der Waals surface area (Å²) in [7, 11) is 0. The van der Waals surface area contributed by atoms with Gasteiger partial charge in [0, 0.05) is 10.9 Å². The minimum atomic E-state index is -0.100. The lowest BCUT2D eigenvalue weighted by Crippen LogP contribution is -2.26. The van der Waals surface area contributed by atoms with Crippen molar-refractivity contribution >= 4 is 17.2 Å². The molecule has 0 bridgehead atoms. The van der Waals surface area contributed by atoms with Gasteiger partial charge in [0.05, 0.1) is 23.4 Å². The van der Waals surface area contributed by atoms with E-state index in [1.165, 1.54) is 19.3 Å². The first-order chi connectivity index (χ1) is 11.6. The van der Waals surface area contributed by atoms with Crippen LogP contribution in [0.4, 0.5) is 0 Å². The molecular weight excluding hydrogens is 320 g/mol. The van der Waals surface area contributed by atoms with Crippen LogP contribution in [-0.4, -0.2) is 17.5 Å². The minimum Gasteiger partial charge on any atom is -0.494 e. The largest absolute Gasteiger partial charge is 0.494 e. The third kappa shape index (κ3) is 5.64. The molecule has 130 valence electrons. The molecule has 0 aliphatic heterocycles. The van der Waals surface area contributed by atoms with Gasteiger partial charge in [0.25, 0.3) is 5.91 Å². The van der Waals surface area contributed by atoms with Gasteiger partial charge in [-0.3, -0.25) is 4.79 Å². The number of benzene rings is 1. The Morgan fingerprint density at radius 1 is 1.25 bits per heavy atom. The monoisotopic (exact) mass is 346 g/mol. The Labute approximate surface area is 148 Å². The summed E-state index contributed by atoms with van der Waals surface area (Å²) in [5.41, 5.74) is 1.53. The molecular formula is C19H26N2O2S. The summed E-state index contributed by atoms with van der Waals surface area (Å²) < 4.78 is 5.70. The number of carbonyl (C=O) groups excluding carboxylic acids is 1. The molecule has 4 nitrogen and oxygen atoms in total. The lowest BCUT2D eigenvalue weighted by atomic mass is 10.1. The molecule has 1 amide bonds. The second kappa shape index (κ2) is 9.42. The summed E-state index contributed by atoms with van der Waals surface area (Å²) in [4.78, 5) is 16.7. The number of amides is 1. The van der Waals surface area contributed by atoms with Crippen LogP contribution in [0.5, 0.6) is 5.75 Å². The number of hydrogen-bond donors (Lipinski definition) is 1. The third-order valence-corrected chi connectivity index (χ3v) is 4.60. The van der Waals surface area contributed by atoms with Crippen molar-refractivity contribution in [1.29, 1.82) is 0 Å². The Hall–Kier alpha value is -1.88. The van der Waals surface area contributed by atoms with Gasteiger partial charge in [0.2, 0.25) is 0 Å². The molecule has 1 aromatic carbocycles. The fourth-order valence-corrected chi connectivity index (χ4v) is 3.06. The number of ether oxygens (including phenoxy) is 1. The van der Waals surface area contributed by atoms with Crippen molar-refractivity contribution in [3.8, 4) is 5.75 Å². The highest BCUT2D eigenvalue weighted by atomic mass is 32.1. The highest BCUT2D eigenvalue weighted by molar-refractivity contribution is 7.09. The summed E-state index contributed by atoms with van der Waals surface area (Å²) >= 11 is 1.59. The molecule has 0 saturated heterocycles. The predicted molar refractivity (Wildman–Crippen MR) is 98.8 cm³/mol. The Kier molecular flexibility index (Phi) is 7.25. The van der Waals surface area contributed by atoms with Crippen LogP contribution in [-0.2, 0) is 0 Å². The SMILES string of the molecule is CCCCCCOc1ccc(C(=O)NC(C)c2csc(C)n2)cc1. The van der Waals surface area contributed by atoms with Crippen molar-refractivity contribution in [1.82, 2.24) is 10.3 Å². The van der Waals surface area contributed by atoms with Crippen LogP contribution in [0.15, 0.2) is 29.6 Å². The second-order valence-electron chi connectivity index (χ2n) is 5.92. The Morgan fingerprint density at radius 3 is 2.62 bits per heavy atom. The van der Waals surface area contributed by atoms with Crippen molar-refractivity contribution in [2.75, 3.05) is 6.61 Å². The molecule has 0 fully saturated rings. The maximum absolute atomic E-state index is 12.3. The molecule has 1 aromatic heterocycles. The lowest BCUT2D eigenvalue weighted by molar-refractivity contribution is 0.0939. The van der Waals surface area contributed by atoms with Crippen LogP contribution in [0, 0.1) is 6.92 Å². The summed E-state index contributed by atoms with van der Waals surface area (Å²) in [6, 6.07) is 7.21. The van der Waals surface area contributed by atoms with E-state index in [1.54, 1.807) is 23.5 Å². The first kappa shape index (κ1) is 18.5. The van der Waals surface area contributed by atoms with Gasteiger partial charge in [-0.05, 0) is 44.5 Å². The second-order valence-corrected chi connectivity index (χ2v) is 6.98. The molecule has 2 rings (SSSR count).